The monoisotopic (exact) mass is 578 g/mol. The molecule has 2 aromatic rings. The van der Waals surface area contributed by atoms with Crippen LogP contribution in [0.5, 0.6) is 0 Å². The van der Waals surface area contributed by atoms with Crippen LogP contribution in [0.15, 0.2) is 42.5 Å². The lowest BCUT2D eigenvalue weighted by Crippen LogP contribution is -2.32. The third kappa shape index (κ3) is 7.11. The molecule has 1 N–H and O–H groups in total. The Morgan fingerprint density at radius 2 is 1.69 bits per heavy atom. The fourth-order valence-corrected chi connectivity index (χ4v) is 5.34. The topological polar surface area (TPSA) is 84.9 Å². The van der Waals surface area contributed by atoms with E-state index in [0.717, 1.165) is 12.8 Å². The van der Waals surface area contributed by atoms with Gasteiger partial charge in [0.05, 0.1) is 22.9 Å². The number of amides is 1. The zero-order valence-electron chi connectivity index (χ0n) is 20.2. The van der Waals surface area contributed by atoms with Crippen molar-refractivity contribution in [3.63, 3.8) is 0 Å². The number of hydrogen-bond acceptors (Lipinski definition) is 5. The Labute approximate surface area is 221 Å². The molecule has 7 nitrogen and oxygen atoms in total. The van der Waals surface area contributed by atoms with Crippen LogP contribution in [0.4, 0.5) is 32.0 Å². The number of thiol groups is 1. The van der Waals surface area contributed by atoms with Crippen LogP contribution in [0.2, 0.25) is 0 Å². The Morgan fingerprint density at radius 3 is 2.28 bits per heavy atom. The first kappa shape index (κ1) is 28.9. The van der Waals surface area contributed by atoms with E-state index in [0.29, 0.717) is 52.6 Å². The molecule has 2 aromatic carbocycles. The van der Waals surface area contributed by atoms with E-state index in [2.05, 4.69) is 5.48 Å². The van der Waals surface area contributed by atoms with Crippen LogP contribution in [0.1, 0.15) is 59.5 Å². The second-order valence-corrected chi connectivity index (χ2v) is 9.98. The molecule has 1 fully saturated rings. The average Bonchev–Trinajstić information content (AvgIpc) is 3.28. The van der Waals surface area contributed by atoms with E-state index in [-0.39, 0.29) is 12.5 Å². The van der Waals surface area contributed by atoms with Gasteiger partial charge >= 0.3 is 12.4 Å². The Hall–Kier alpha value is -3.10. The molecule has 1 aliphatic heterocycles. The highest BCUT2D eigenvalue weighted by Gasteiger charge is 2.39. The first-order valence-corrected chi connectivity index (χ1v) is 13.1. The number of nitrogens with one attached hydrogen (secondary N) is 1. The summed E-state index contributed by atoms with van der Waals surface area (Å²) in [6.07, 6.45) is -5.10. The lowest BCUT2D eigenvalue weighted by atomic mass is 10.0. The largest absolute Gasteiger partial charge is 0.416 e. The highest BCUT2D eigenvalue weighted by Crippen LogP contribution is 2.43. The summed E-state index contributed by atoms with van der Waals surface area (Å²) in [7, 11) is -3.60. The second-order valence-electron chi connectivity index (χ2n) is 9.07. The van der Waals surface area contributed by atoms with Gasteiger partial charge in [0.2, 0.25) is 10.9 Å². The summed E-state index contributed by atoms with van der Waals surface area (Å²) in [6, 6.07) is 4.52. The van der Waals surface area contributed by atoms with Crippen molar-refractivity contribution < 1.29 is 49.1 Å². The molecule has 1 amide bonds. The molecule has 212 valence electrons. The normalized spacial score (nSPS) is 19.9. The third-order valence-electron chi connectivity index (χ3n) is 6.38. The molecule has 0 spiro atoms. The quantitative estimate of drug-likeness (QED) is 0.201. The van der Waals surface area contributed by atoms with Gasteiger partial charge < -0.3 is 4.74 Å². The van der Waals surface area contributed by atoms with E-state index in [1.165, 1.54) is 12.2 Å². The van der Waals surface area contributed by atoms with Gasteiger partial charge in [0.15, 0.2) is 6.29 Å². The zero-order chi connectivity index (χ0) is 28.4. The number of anilines is 1. The maximum absolute atomic E-state index is 13.3. The van der Waals surface area contributed by atoms with Crippen molar-refractivity contribution in [1.82, 2.24) is 5.48 Å². The highest BCUT2D eigenvalue weighted by atomic mass is 32.2. The number of alkyl halides is 6. The number of ether oxygens (including phenoxy) is 1. The van der Waals surface area contributed by atoms with Crippen molar-refractivity contribution >= 4 is 28.6 Å². The number of carbonyl (C=O) groups is 1. The van der Waals surface area contributed by atoms with E-state index < -0.39 is 58.3 Å². The van der Waals surface area contributed by atoms with Crippen molar-refractivity contribution in [2.75, 3.05) is 10.9 Å². The summed E-state index contributed by atoms with van der Waals surface area (Å²) >= 11 is 0. The van der Waals surface area contributed by atoms with Crippen LogP contribution >= 0.6 is 0 Å². The van der Waals surface area contributed by atoms with Crippen LogP contribution in [-0.2, 0) is 44.0 Å². The second kappa shape index (κ2) is 11.6. The minimum Gasteiger partial charge on any atom is -0.350 e. The minimum absolute atomic E-state index is 0.0515. The van der Waals surface area contributed by atoms with Crippen molar-refractivity contribution in [2.24, 2.45) is 0 Å². The van der Waals surface area contributed by atoms with E-state index in [4.69, 9.17) is 9.57 Å². The summed E-state index contributed by atoms with van der Waals surface area (Å²) < 4.78 is 110. The molecule has 1 aliphatic carbocycles. The van der Waals surface area contributed by atoms with Crippen LogP contribution < -0.4 is 9.79 Å². The molecule has 2 unspecified atom stereocenters. The third-order valence-corrected chi connectivity index (χ3v) is 7.24. The number of halogens is 6. The average molecular weight is 579 g/mol. The van der Waals surface area contributed by atoms with Crippen LogP contribution in [0, 0.1) is 0 Å². The summed E-state index contributed by atoms with van der Waals surface area (Å²) in [5.41, 5.74) is 0.00701. The Bertz CT molecular complexity index is 1280. The lowest BCUT2D eigenvalue weighted by molar-refractivity contribution is -0.198. The van der Waals surface area contributed by atoms with Gasteiger partial charge in [-0.05, 0) is 66.6 Å². The SMILES string of the molecule is O=C(/C=C/c1ccc2c(c1)CCC2N(c1cc(C(F)(F)F)cc(C(F)(F)F)c1)[SH](=O)=O)NOC1CCCCO1. The van der Waals surface area contributed by atoms with Crippen molar-refractivity contribution in [1.29, 1.82) is 0 Å². The molecule has 0 bridgehead atoms. The first-order valence-electron chi connectivity index (χ1n) is 11.9. The van der Waals surface area contributed by atoms with E-state index in [1.54, 1.807) is 18.2 Å². The fraction of sp³-hybridized carbons (Fsp3) is 0.400. The number of hydroxylamine groups is 1. The molecule has 14 heteroatoms. The van der Waals surface area contributed by atoms with Gasteiger partial charge in [-0.25, -0.2) is 18.7 Å². The first-order chi connectivity index (χ1) is 18.3. The van der Waals surface area contributed by atoms with Crippen LogP contribution in [0.25, 0.3) is 6.08 Å². The number of rotatable bonds is 7. The van der Waals surface area contributed by atoms with Gasteiger partial charge in [-0.2, -0.15) is 26.3 Å². The van der Waals surface area contributed by atoms with Gasteiger partial charge in [-0.1, -0.05) is 18.2 Å². The zero-order valence-corrected chi connectivity index (χ0v) is 21.1. The molecule has 0 radical (unpaired) electrons. The molecule has 2 atom stereocenters. The smallest absolute Gasteiger partial charge is 0.350 e. The van der Waals surface area contributed by atoms with E-state index >= 15 is 0 Å². The molecule has 4 rings (SSSR count). The van der Waals surface area contributed by atoms with Gasteiger partial charge in [-0.3, -0.25) is 9.10 Å². The molecule has 2 aliphatic rings. The predicted octanol–water partition coefficient (Wildman–Crippen LogP) is 5.33. The summed E-state index contributed by atoms with van der Waals surface area (Å²) in [6.45, 7) is 0.543. The highest BCUT2D eigenvalue weighted by molar-refractivity contribution is 7.74. The molecule has 39 heavy (non-hydrogen) atoms. The van der Waals surface area contributed by atoms with Gasteiger partial charge in [-0.15, -0.1) is 0 Å². The van der Waals surface area contributed by atoms with E-state index in [9.17, 15) is 39.6 Å². The fourth-order valence-electron chi connectivity index (χ4n) is 4.57. The molecule has 1 heterocycles. The molecular weight excluding hydrogens is 554 g/mol. The molecular formula is C25H24F6N2O5S. The minimum atomic E-state index is -5.12. The number of carbonyl (C=O) groups excluding carboxylic acids is 1. The maximum Gasteiger partial charge on any atom is 0.416 e. The maximum atomic E-state index is 13.3. The van der Waals surface area contributed by atoms with Crippen molar-refractivity contribution in [2.45, 2.75) is 56.8 Å². The number of aryl methyl sites for hydroxylation is 1. The summed E-state index contributed by atoms with van der Waals surface area (Å²) in [5, 5.41) is 0. The Balaban J connectivity index is 1.55. The number of benzene rings is 2. The van der Waals surface area contributed by atoms with Crippen LogP contribution in [0.3, 0.4) is 0 Å². The van der Waals surface area contributed by atoms with Gasteiger partial charge in [0, 0.05) is 19.1 Å². The summed E-state index contributed by atoms with van der Waals surface area (Å²) in [4.78, 5) is 17.2. The number of hydrogen-bond donors (Lipinski definition) is 2. The standard InChI is InChI=1S/C25H24F6N2O5S/c26-24(27,28)17-12-18(25(29,30)31)14-19(13-17)33(39(35)36)21-8-6-16-11-15(4-7-20(16)21)5-9-22(34)32-38-23-3-1-2-10-37-23/h4-5,7,9,11-14,21,23,39H,1-3,6,8,10H2,(H,32,34)/b9-5+. The lowest BCUT2D eigenvalue weighted by Gasteiger charge is -2.27. The molecule has 1 saturated heterocycles. The molecule has 0 saturated carbocycles. The van der Waals surface area contributed by atoms with Gasteiger partial charge in [0.1, 0.15) is 0 Å². The summed E-state index contributed by atoms with van der Waals surface area (Å²) in [5.74, 6) is -0.540. The Kier molecular flexibility index (Phi) is 8.57. The van der Waals surface area contributed by atoms with Crippen molar-refractivity contribution in [3.05, 3.63) is 70.3 Å². The molecule has 0 aromatic heterocycles. The number of nitrogens with zero attached hydrogens (tertiary/aromatic N) is 1. The Morgan fingerprint density at radius 1 is 1.00 bits per heavy atom. The number of fused-ring (bicyclic) bond motifs is 1. The van der Waals surface area contributed by atoms with E-state index in [1.807, 2.05) is 0 Å². The van der Waals surface area contributed by atoms with Crippen molar-refractivity contribution in [3.8, 4) is 0 Å². The van der Waals surface area contributed by atoms with Gasteiger partial charge in [0.25, 0.3) is 5.91 Å². The predicted molar refractivity (Wildman–Crippen MR) is 129 cm³/mol. The van der Waals surface area contributed by atoms with Crippen LogP contribution in [-0.4, -0.2) is 27.2 Å².